The molecule has 0 aromatic heterocycles. The van der Waals surface area contributed by atoms with Crippen molar-refractivity contribution >= 4 is 29.4 Å². The zero-order chi connectivity index (χ0) is 19.3. The number of ether oxygens (including phenoxy) is 1. The van der Waals surface area contributed by atoms with E-state index in [0.29, 0.717) is 11.3 Å². The Morgan fingerprint density at radius 1 is 1.27 bits per heavy atom. The number of nitro groups is 1. The summed E-state index contributed by atoms with van der Waals surface area (Å²) in [5, 5.41) is 14.7. The van der Waals surface area contributed by atoms with Crippen LogP contribution in [0.3, 0.4) is 0 Å². The summed E-state index contributed by atoms with van der Waals surface area (Å²) in [6, 6.07) is 8.15. The lowest BCUT2D eigenvalue weighted by Gasteiger charge is -2.13. The Bertz CT molecular complexity index is 881. The van der Waals surface area contributed by atoms with Gasteiger partial charge in [-0.15, -0.1) is 0 Å². The van der Waals surface area contributed by atoms with Crippen molar-refractivity contribution in [3.8, 4) is 5.75 Å². The van der Waals surface area contributed by atoms with Gasteiger partial charge in [0.25, 0.3) is 11.6 Å². The summed E-state index contributed by atoms with van der Waals surface area (Å²) < 4.78 is 5.59. The van der Waals surface area contributed by atoms with Crippen molar-refractivity contribution in [2.45, 2.75) is 20.8 Å². The number of nitrogens with one attached hydrogen (secondary N) is 1. The average molecular weight is 376 g/mol. The predicted octanol–water partition coefficient (Wildman–Crippen LogP) is 3.70. The molecule has 0 aliphatic heterocycles. The number of hydrogen-bond acceptors (Lipinski definition) is 5. The number of nitro benzene ring substituents is 1. The Balaban J connectivity index is 1.95. The highest BCUT2D eigenvalue weighted by Gasteiger charge is 2.12. The van der Waals surface area contributed by atoms with Crippen molar-refractivity contribution in [2.24, 2.45) is 5.10 Å². The van der Waals surface area contributed by atoms with Crippen LogP contribution in [-0.2, 0) is 4.79 Å². The average Bonchev–Trinajstić information content (AvgIpc) is 2.59. The number of carbonyl (C=O) groups excluding carboxylic acids is 1. The molecule has 2 aromatic rings. The van der Waals surface area contributed by atoms with Crippen LogP contribution in [0, 0.1) is 30.9 Å². The number of hydrogen-bond donors (Lipinski definition) is 1. The van der Waals surface area contributed by atoms with Crippen molar-refractivity contribution in [3.05, 3.63) is 67.7 Å². The van der Waals surface area contributed by atoms with Gasteiger partial charge in [-0.25, -0.2) is 5.43 Å². The summed E-state index contributed by atoms with van der Waals surface area (Å²) in [4.78, 5) is 22.1. The second-order valence-corrected chi connectivity index (χ2v) is 6.11. The minimum absolute atomic E-state index is 0.0356. The third-order valence-corrected chi connectivity index (χ3v) is 4.11. The number of hydrazone groups is 1. The molecular weight excluding hydrogens is 358 g/mol. The quantitative estimate of drug-likeness (QED) is 0.473. The van der Waals surface area contributed by atoms with Gasteiger partial charge in [0.1, 0.15) is 10.8 Å². The fourth-order valence-corrected chi connectivity index (χ4v) is 2.43. The van der Waals surface area contributed by atoms with Crippen molar-refractivity contribution in [3.63, 3.8) is 0 Å². The van der Waals surface area contributed by atoms with Gasteiger partial charge in [-0.2, -0.15) is 5.10 Å². The Kier molecular flexibility index (Phi) is 6.30. The first kappa shape index (κ1) is 19.4. The van der Waals surface area contributed by atoms with Gasteiger partial charge in [-0.05, 0) is 43.5 Å². The van der Waals surface area contributed by atoms with Crippen LogP contribution >= 0.6 is 11.6 Å². The van der Waals surface area contributed by atoms with E-state index in [-0.39, 0.29) is 17.3 Å². The maximum atomic E-state index is 11.9. The zero-order valence-corrected chi connectivity index (χ0v) is 15.3. The highest BCUT2D eigenvalue weighted by atomic mass is 35.5. The van der Waals surface area contributed by atoms with E-state index in [2.05, 4.69) is 10.5 Å². The molecule has 2 rings (SSSR count). The molecule has 1 amide bonds. The number of aryl methyl sites for hydroxylation is 2. The van der Waals surface area contributed by atoms with E-state index in [9.17, 15) is 14.9 Å². The first-order valence-electron chi connectivity index (χ1n) is 7.75. The van der Waals surface area contributed by atoms with Gasteiger partial charge < -0.3 is 4.74 Å². The lowest BCUT2D eigenvalue weighted by molar-refractivity contribution is -0.384. The molecule has 0 radical (unpaired) electrons. The zero-order valence-electron chi connectivity index (χ0n) is 14.6. The van der Waals surface area contributed by atoms with Crippen LogP contribution in [0.4, 0.5) is 5.69 Å². The van der Waals surface area contributed by atoms with Crippen LogP contribution in [0.25, 0.3) is 0 Å². The van der Waals surface area contributed by atoms with E-state index in [1.54, 1.807) is 6.07 Å². The number of benzene rings is 2. The minimum Gasteiger partial charge on any atom is -0.483 e. The fourth-order valence-electron chi connectivity index (χ4n) is 2.25. The smallest absolute Gasteiger partial charge is 0.288 e. The van der Waals surface area contributed by atoms with E-state index in [1.807, 2.05) is 32.9 Å². The van der Waals surface area contributed by atoms with E-state index in [1.165, 1.54) is 18.3 Å². The van der Waals surface area contributed by atoms with Gasteiger partial charge >= 0.3 is 0 Å². The normalized spacial score (nSPS) is 10.8. The second kappa shape index (κ2) is 8.44. The van der Waals surface area contributed by atoms with Gasteiger partial charge in [0.15, 0.2) is 6.61 Å². The molecule has 8 heteroatoms. The molecule has 7 nitrogen and oxygen atoms in total. The van der Waals surface area contributed by atoms with E-state index >= 15 is 0 Å². The predicted molar refractivity (Wildman–Crippen MR) is 100.0 cm³/mol. The lowest BCUT2D eigenvalue weighted by Crippen LogP contribution is -2.25. The molecule has 0 bridgehead atoms. The van der Waals surface area contributed by atoms with Crippen LogP contribution in [0.5, 0.6) is 5.75 Å². The van der Waals surface area contributed by atoms with Crippen LogP contribution in [0.15, 0.2) is 35.4 Å². The SMILES string of the molecule is Cc1ccc(C)c(OCC(=O)N/N=C\c2ccc(Cl)c([N+](=O)[O-])c2)c1C. The first-order valence-corrected chi connectivity index (χ1v) is 8.13. The van der Waals surface area contributed by atoms with Gasteiger partial charge in [-0.1, -0.05) is 29.8 Å². The summed E-state index contributed by atoms with van der Waals surface area (Å²) in [5.74, 6) is 0.238. The molecule has 1 N–H and O–H groups in total. The fraction of sp³-hybridized carbons (Fsp3) is 0.222. The van der Waals surface area contributed by atoms with Gasteiger partial charge in [0.2, 0.25) is 0 Å². The Labute approximate surface area is 155 Å². The summed E-state index contributed by atoms with van der Waals surface area (Å²) in [6.07, 6.45) is 1.30. The number of nitrogens with zero attached hydrogens (tertiary/aromatic N) is 2. The standard InChI is InChI=1S/C18H18ClN3O4/c1-11-4-5-12(2)18(13(11)3)26-10-17(23)21-20-9-14-6-7-15(19)16(8-14)22(24)25/h4-9H,10H2,1-3H3,(H,21,23)/b20-9-. The minimum atomic E-state index is -0.585. The van der Waals surface area contributed by atoms with Crippen molar-refractivity contribution in [1.29, 1.82) is 0 Å². The molecule has 0 aliphatic rings. The van der Waals surface area contributed by atoms with Crippen LogP contribution in [-0.4, -0.2) is 23.7 Å². The lowest BCUT2D eigenvalue weighted by atomic mass is 10.1. The largest absolute Gasteiger partial charge is 0.483 e. The topological polar surface area (TPSA) is 93.8 Å². The number of rotatable bonds is 6. The van der Waals surface area contributed by atoms with E-state index in [0.717, 1.165) is 16.7 Å². The molecule has 0 atom stereocenters. The van der Waals surface area contributed by atoms with Gasteiger partial charge in [0, 0.05) is 11.6 Å². The van der Waals surface area contributed by atoms with Crippen molar-refractivity contribution < 1.29 is 14.5 Å². The van der Waals surface area contributed by atoms with Gasteiger partial charge in [0.05, 0.1) is 11.1 Å². The highest BCUT2D eigenvalue weighted by Crippen LogP contribution is 2.26. The molecular formula is C18H18ClN3O4. The highest BCUT2D eigenvalue weighted by molar-refractivity contribution is 6.32. The molecule has 0 aliphatic carbocycles. The van der Waals surface area contributed by atoms with E-state index in [4.69, 9.17) is 16.3 Å². The summed E-state index contributed by atoms with van der Waals surface area (Å²) >= 11 is 5.74. The number of halogens is 1. The number of carbonyl (C=O) groups is 1. The van der Waals surface area contributed by atoms with Crippen LogP contribution < -0.4 is 10.2 Å². The van der Waals surface area contributed by atoms with Crippen molar-refractivity contribution in [1.82, 2.24) is 5.43 Å². The van der Waals surface area contributed by atoms with Gasteiger partial charge in [-0.3, -0.25) is 14.9 Å². The van der Waals surface area contributed by atoms with Crippen LogP contribution in [0.1, 0.15) is 22.3 Å². The molecule has 0 unspecified atom stereocenters. The summed E-state index contributed by atoms with van der Waals surface area (Å²) in [5.41, 5.74) is 5.53. The first-order chi connectivity index (χ1) is 12.3. The monoisotopic (exact) mass is 375 g/mol. The molecule has 2 aromatic carbocycles. The second-order valence-electron chi connectivity index (χ2n) is 5.70. The third kappa shape index (κ3) is 4.80. The summed E-state index contributed by atoms with van der Waals surface area (Å²) in [7, 11) is 0. The molecule has 0 heterocycles. The maximum absolute atomic E-state index is 11.9. The van der Waals surface area contributed by atoms with E-state index < -0.39 is 10.8 Å². The Morgan fingerprint density at radius 2 is 1.96 bits per heavy atom. The Hall–Kier alpha value is -2.93. The number of amides is 1. The third-order valence-electron chi connectivity index (χ3n) is 3.79. The van der Waals surface area contributed by atoms with Crippen LogP contribution in [0.2, 0.25) is 5.02 Å². The molecule has 26 heavy (non-hydrogen) atoms. The molecule has 136 valence electrons. The summed E-state index contributed by atoms with van der Waals surface area (Å²) in [6.45, 7) is 5.62. The maximum Gasteiger partial charge on any atom is 0.288 e. The molecule has 0 saturated carbocycles. The Morgan fingerprint density at radius 3 is 2.65 bits per heavy atom. The molecule has 0 saturated heterocycles. The van der Waals surface area contributed by atoms with Crippen molar-refractivity contribution in [2.75, 3.05) is 6.61 Å². The molecule has 0 spiro atoms. The molecule has 0 fully saturated rings.